The molecule has 0 amide bonds. The molecule has 0 bridgehead atoms. The fourth-order valence-corrected chi connectivity index (χ4v) is 0. The molecule has 0 rings (SSSR count). The van der Waals surface area contributed by atoms with Gasteiger partial charge in [0.15, 0.2) is 0 Å². The zero-order valence-corrected chi connectivity index (χ0v) is 7.33. The Morgan fingerprint density at radius 3 is 1.12 bits per heavy atom. The third kappa shape index (κ3) is 207. The maximum Gasteiger partial charge on any atom is 4.00 e. The van der Waals surface area contributed by atoms with Crippen LogP contribution in [0.5, 0.6) is 0 Å². The Labute approximate surface area is 73.2 Å². The Hall–Kier alpha value is 1.14. The van der Waals surface area contributed by atoms with E-state index in [-0.39, 0.29) is 45.4 Å². The summed E-state index contributed by atoms with van der Waals surface area (Å²) in [6.45, 7) is 0. The molecule has 0 aliphatic heterocycles. The van der Waals surface area contributed by atoms with Crippen molar-refractivity contribution in [2.45, 2.75) is 0 Å². The predicted molar refractivity (Wildman–Crippen MR) is 22.0 cm³/mol. The average Bonchev–Trinajstić information content (AvgIpc) is 0.722. The molecular weight excluding hydrogens is 215 g/mol. The molecule has 41 valence electrons. The van der Waals surface area contributed by atoms with E-state index in [1.54, 1.807) is 0 Å². The largest absolute Gasteiger partial charge is 4.00 e. The molecule has 0 aromatic rings. The molecule has 0 N–H and O–H groups in total. The molecule has 0 aromatic carbocycles. The minimum Gasteiger partial charge on any atom is -0.759 e. The molecule has 0 atom stereocenters. The van der Waals surface area contributed by atoms with Crippen molar-refractivity contribution < 1.29 is 34.6 Å². The Morgan fingerprint density at radius 2 is 1.12 bits per heavy atom. The van der Waals surface area contributed by atoms with Crippen LogP contribution in [0, 0.1) is 0 Å². The second kappa shape index (κ2) is 8.14. The van der Waals surface area contributed by atoms with Crippen LogP contribution in [-0.4, -0.2) is 45.8 Å². The molecule has 4 nitrogen and oxygen atoms in total. The van der Waals surface area contributed by atoms with E-state index >= 15 is 0 Å². The second-order valence-electron chi connectivity index (χ2n) is 0.408. The molecule has 0 saturated carbocycles. The van der Waals surface area contributed by atoms with Crippen molar-refractivity contribution in [3.05, 3.63) is 0 Å². The van der Waals surface area contributed by atoms with Gasteiger partial charge in [0.05, 0.1) is 0 Å². The van der Waals surface area contributed by atoms with Crippen molar-refractivity contribution in [1.29, 1.82) is 0 Å². The van der Waals surface area contributed by atoms with Crippen LogP contribution in [0.1, 0.15) is 0 Å². The zero-order chi connectivity index (χ0) is 4.50. The Morgan fingerprint density at radius 1 is 1.12 bits per heavy atom. The quantitative estimate of drug-likeness (QED) is 0.263. The standard InChI is InChI=1S/Al.Cu.H2O4S.Si/c;;1-5(2,3)4;/h;;(H2,1,2,3,4);/q+3;+2;;+4/p-2. The third-order valence-electron chi connectivity index (χ3n) is 0. The Kier molecular flexibility index (Phi) is 23.3. The molecule has 8 heavy (non-hydrogen) atoms. The molecule has 0 aliphatic carbocycles. The molecule has 0 spiro atoms. The normalized spacial score (nSPS) is 7.25. The fourth-order valence-electron chi connectivity index (χ4n) is 0. The molecule has 0 aromatic heterocycles. The van der Waals surface area contributed by atoms with Gasteiger partial charge in [0, 0.05) is 10.4 Å². The number of rotatable bonds is 0. The molecule has 1 radical (unpaired) electrons. The average molecular weight is 215 g/mol. The summed E-state index contributed by atoms with van der Waals surface area (Å²) in [6, 6.07) is 0. The van der Waals surface area contributed by atoms with E-state index in [1.165, 1.54) is 0 Å². The van der Waals surface area contributed by atoms with E-state index < -0.39 is 10.4 Å². The van der Waals surface area contributed by atoms with Crippen molar-refractivity contribution in [3.63, 3.8) is 0 Å². The Balaban J connectivity index is -0.0000000267. The van der Waals surface area contributed by atoms with Crippen molar-refractivity contribution >= 4 is 38.7 Å². The fraction of sp³-hybridized carbons (Fsp3) is 0. The van der Waals surface area contributed by atoms with E-state index in [1.807, 2.05) is 0 Å². The first-order chi connectivity index (χ1) is 2.00. The second-order valence-corrected chi connectivity index (χ2v) is 1.22. The summed E-state index contributed by atoms with van der Waals surface area (Å²) >= 11 is 0. The van der Waals surface area contributed by atoms with Crippen molar-refractivity contribution in [1.82, 2.24) is 0 Å². The van der Waals surface area contributed by atoms with Crippen LogP contribution in [0.25, 0.3) is 0 Å². The summed E-state index contributed by atoms with van der Waals surface area (Å²) in [7, 11) is -5.17. The van der Waals surface area contributed by atoms with Gasteiger partial charge in [0.1, 0.15) is 0 Å². The minimum atomic E-state index is -5.17. The maximum absolute atomic E-state index is 8.52. The van der Waals surface area contributed by atoms with Gasteiger partial charge in [0.25, 0.3) is 0 Å². The number of hydrogen-bond acceptors (Lipinski definition) is 4. The van der Waals surface area contributed by atoms with Crippen LogP contribution in [-0.2, 0) is 27.5 Å². The Bertz CT molecular complexity index is 99.2. The van der Waals surface area contributed by atoms with Gasteiger partial charge in [-0.25, -0.2) is 0 Å². The van der Waals surface area contributed by atoms with Crippen LogP contribution >= 0.6 is 0 Å². The van der Waals surface area contributed by atoms with Gasteiger partial charge in [-0.15, -0.1) is 0 Å². The van der Waals surface area contributed by atoms with Crippen LogP contribution in [0.4, 0.5) is 0 Å². The van der Waals surface area contributed by atoms with Crippen LogP contribution in [0.15, 0.2) is 0 Å². The van der Waals surface area contributed by atoms with Gasteiger partial charge in [-0.2, -0.15) is 0 Å². The smallest absolute Gasteiger partial charge is 0.759 e. The van der Waals surface area contributed by atoms with Gasteiger partial charge < -0.3 is 9.11 Å². The third-order valence-corrected chi connectivity index (χ3v) is 0. The molecular formula is AlCuO4SSi+7. The molecule has 0 heterocycles. The van der Waals surface area contributed by atoms with E-state index in [4.69, 9.17) is 17.5 Å². The first-order valence-corrected chi connectivity index (χ1v) is 2.00. The zero-order valence-electron chi connectivity index (χ0n) is 3.42. The predicted octanol–water partition coefficient (Wildman–Crippen LogP) is -2.10. The van der Waals surface area contributed by atoms with Crippen molar-refractivity contribution in [2.24, 2.45) is 0 Å². The SMILES string of the molecule is O=S(=O)([O-])[O-].[Al+3].[Cu+2].[Si+4]. The summed E-state index contributed by atoms with van der Waals surface area (Å²) in [5, 5.41) is 0. The van der Waals surface area contributed by atoms with E-state index in [0.29, 0.717) is 0 Å². The van der Waals surface area contributed by atoms with Crippen LogP contribution in [0.3, 0.4) is 0 Å². The van der Waals surface area contributed by atoms with Crippen LogP contribution in [0.2, 0.25) is 0 Å². The monoisotopic (exact) mass is 214 g/mol. The topological polar surface area (TPSA) is 80.3 Å². The van der Waals surface area contributed by atoms with Crippen LogP contribution < -0.4 is 0 Å². The summed E-state index contributed by atoms with van der Waals surface area (Å²) in [5.41, 5.74) is 0. The van der Waals surface area contributed by atoms with E-state index in [2.05, 4.69) is 0 Å². The molecule has 0 saturated heterocycles. The number of hydrogen-bond donors (Lipinski definition) is 0. The van der Waals surface area contributed by atoms with Gasteiger partial charge in [-0.05, 0) is 0 Å². The van der Waals surface area contributed by atoms with E-state index in [0.717, 1.165) is 0 Å². The molecule has 0 fully saturated rings. The summed E-state index contributed by atoms with van der Waals surface area (Å²) in [5.74, 6) is 0. The first kappa shape index (κ1) is 22.9. The van der Waals surface area contributed by atoms with Crippen molar-refractivity contribution in [3.8, 4) is 0 Å². The summed E-state index contributed by atoms with van der Waals surface area (Å²) in [6.07, 6.45) is 0. The van der Waals surface area contributed by atoms with Gasteiger partial charge in [-0.3, -0.25) is 8.42 Å². The maximum atomic E-state index is 8.52. The molecule has 8 heteroatoms. The summed E-state index contributed by atoms with van der Waals surface area (Å²) in [4.78, 5) is 0. The van der Waals surface area contributed by atoms with Gasteiger partial charge in [-0.1, -0.05) is 0 Å². The van der Waals surface area contributed by atoms with Crippen molar-refractivity contribution in [2.75, 3.05) is 0 Å². The first-order valence-electron chi connectivity index (χ1n) is 0.667. The minimum absolute atomic E-state index is 0. The summed E-state index contributed by atoms with van der Waals surface area (Å²) < 4.78 is 34.1. The molecule has 0 aliphatic rings. The van der Waals surface area contributed by atoms with Gasteiger partial charge >= 0.3 is 45.4 Å². The van der Waals surface area contributed by atoms with Gasteiger partial charge in [0.2, 0.25) is 0 Å². The molecule has 0 unspecified atom stereocenters. The van der Waals surface area contributed by atoms with E-state index in [9.17, 15) is 0 Å².